The zero-order valence-corrected chi connectivity index (χ0v) is 20.6. The summed E-state index contributed by atoms with van der Waals surface area (Å²) in [5, 5.41) is 8.87. The van der Waals surface area contributed by atoms with Crippen LogP contribution in [-0.4, -0.2) is 30.1 Å². The Morgan fingerprint density at radius 3 is 2.58 bits per heavy atom. The molecule has 3 N–H and O–H groups in total. The van der Waals surface area contributed by atoms with E-state index < -0.39 is 5.54 Å². The van der Waals surface area contributed by atoms with Crippen LogP contribution in [0.15, 0.2) is 95.5 Å². The van der Waals surface area contributed by atoms with Crippen molar-refractivity contribution in [3.05, 3.63) is 108 Å². The molecule has 1 amide bonds. The van der Waals surface area contributed by atoms with Gasteiger partial charge in [-0.15, -0.1) is 0 Å². The van der Waals surface area contributed by atoms with Crippen LogP contribution in [-0.2, 0) is 22.5 Å². The molecule has 0 saturated heterocycles. The summed E-state index contributed by atoms with van der Waals surface area (Å²) in [6.07, 6.45) is 2.42. The molecule has 0 radical (unpaired) electrons. The van der Waals surface area contributed by atoms with Crippen molar-refractivity contribution < 1.29 is 13.9 Å². The highest BCUT2D eigenvalue weighted by molar-refractivity contribution is 5.89. The van der Waals surface area contributed by atoms with Crippen molar-refractivity contribution in [2.45, 2.75) is 31.5 Å². The van der Waals surface area contributed by atoms with Crippen molar-refractivity contribution >= 4 is 27.8 Å². The lowest BCUT2D eigenvalue weighted by atomic mass is 9.89. The average Bonchev–Trinajstić information content (AvgIpc) is 3.51. The van der Waals surface area contributed by atoms with Crippen LogP contribution in [0.25, 0.3) is 21.9 Å². The number of furan rings is 1. The summed E-state index contributed by atoms with van der Waals surface area (Å²) < 4.78 is 11.7. The minimum absolute atomic E-state index is 0.123. The van der Waals surface area contributed by atoms with Crippen LogP contribution in [0.2, 0.25) is 0 Å². The fourth-order valence-electron chi connectivity index (χ4n) is 4.78. The zero-order chi connectivity index (χ0) is 25.0. The molecule has 0 aliphatic rings. The molecule has 5 rings (SSSR count). The maximum absolute atomic E-state index is 14.0. The number of fused-ring (bicyclic) bond motifs is 2. The summed E-state index contributed by atoms with van der Waals surface area (Å²) in [4.78, 5) is 17.3. The fourth-order valence-corrected chi connectivity index (χ4v) is 4.78. The number of H-pyrrole nitrogens is 1. The van der Waals surface area contributed by atoms with Crippen LogP contribution in [0.4, 0.5) is 0 Å². The molecule has 2 atom stereocenters. The summed E-state index contributed by atoms with van der Waals surface area (Å²) >= 11 is 0. The summed E-state index contributed by atoms with van der Waals surface area (Å²) in [6, 6.07) is 27.8. The quantitative estimate of drug-likeness (QED) is 0.246. The number of aromatic amines is 1. The molecule has 0 spiro atoms. The van der Waals surface area contributed by atoms with Gasteiger partial charge in [-0.1, -0.05) is 66.7 Å². The molecular weight excluding hydrogens is 450 g/mol. The van der Waals surface area contributed by atoms with E-state index in [1.54, 1.807) is 7.11 Å². The second kappa shape index (κ2) is 10.4. The SMILES string of the molecule is COC[C@](Cc1c[nH]c2ccccc12)(NCc1cc2ccccc2o1)C(=O)N[C@@H](C)c1ccccc1. The summed E-state index contributed by atoms with van der Waals surface area (Å²) in [5.41, 5.74) is 2.92. The monoisotopic (exact) mass is 481 g/mol. The molecule has 6 heteroatoms. The second-order valence-electron chi connectivity index (χ2n) is 9.26. The number of aromatic nitrogens is 1. The minimum atomic E-state index is -1.03. The molecule has 0 fully saturated rings. The molecule has 36 heavy (non-hydrogen) atoms. The van der Waals surface area contributed by atoms with Crippen molar-refractivity contribution in [3.63, 3.8) is 0 Å². The summed E-state index contributed by atoms with van der Waals surface area (Å²) in [5.74, 6) is 0.640. The Kier molecular flexibility index (Phi) is 6.89. The smallest absolute Gasteiger partial charge is 0.243 e. The minimum Gasteiger partial charge on any atom is -0.460 e. The molecule has 2 heterocycles. The number of methoxy groups -OCH3 is 1. The molecule has 0 saturated carbocycles. The van der Waals surface area contributed by atoms with Gasteiger partial charge in [0.05, 0.1) is 19.2 Å². The number of amides is 1. The van der Waals surface area contributed by atoms with Gasteiger partial charge in [0, 0.05) is 36.0 Å². The molecule has 0 aliphatic carbocycles. The first kappa shape index (κ1) is 23.9. The van der Waals surface area contributed by atoms with Crippen LogP contribution < -0.4 is 10.6 Å². The van der Waals surface area contributed by atoms with Gasteiger partial charge >= 0.3 is 0 Å². The van der Waals surface area contributed by atoms with Crippen LogP contribution in [0.5, 0.6) is 0 Å². The maximum atomic E-state index is 14.0. The van der Waals surface area contributed by atoms with E-state index in [0.29, 0.717) is 13.0 Å². The molecule has 0 unspecified atom stereocenters. The van der Waals surface area contributed by atoms with Crippen molar-refractivity contribution in [1.82, 2.24) is 15.6 Å². The van der Waals surface area contributed by atoms with E-state index in [2.05, 4.69) is 21.7 Å². The molecule has 2 aromatic heterocycles. The van der Waals surface area contributed by atoms with Crippen LogP contribution in [0, 0.1) is 0 Å². The third-order valence-corrected chi connectivity index (χ3v) is 6.72. The van der Waals surface area contributed by atoms with Crippen LogP contribution >= 0.6 is 0 Å². The predicted octanol–water partition coefficient (Wildman–Crippen LogP) is 5.51. The zero-order valence-electron chi connectivity index (χ0n) is 20.6. The largest absolute Gasteiger partial charge is 0.460 e. The van der Waals surface area contributed by atoms with E-state index in [1.807, 2.05) is 92.0 Å². The molecule has 184 valence electrons. The van der Waals surface area contributed by atoms with Gasteiger partial charge in [0.15, 0.2) is 0 Å². The van der Waals surface area contributed by atoms with E-state index in [4.69, 9.17) is 9.15 Å². The van der Waals surface area contributed by atoms with Gasteiger partial charge in [0.2, 0.25) is 5.91 Å². The highest BCUT2D eigenvalue weighted by Crippen LogP contribution is 2.26. The number of ether oxygens (including phenoxy) is 1. The first-order valence-electron chi connectivity index (χ1n) is 12.2. The Bertz CT molecular complexity index is 1420. The number of hydrogen-bond donors (Lipinski definition) is 3. The normalized spacial score (nSPS) is 14.1. The molecule has 0 aliphatic heterocycles. The Hall–Kier alpha value is -3.87. The highest BCUT2D eigenvalue weighted by atomic mass is 16.5. The molecule has 0 bridgehead atoms. The fraction of sp³-hybridized carbons (Fsp3) is 0.233. The molecular formula is C30H31N3O3. The lowest BCUT2D eigenvalue weighted by Gasteiger charge is -2.34. The van der Waals surface area contributed by atoms with Crippen molar-refractivity contribution in [2.24, 2.45) is 0 Å². The van der Waals surface area contributed by atoms with Crippen LogP contribution in [0.1, 0.15) is 29.9 Å². The van der Waals surface area contributed by atoms with Crippen molar-refractivity contribution in [3.8, 4) is 0 Å². The van der Waals surface area contributed by atoms with Crippen molar-refractivity contribution in [1.29, 1.82) is 0 Å². The van der Waals surface area contributed by atoms with Gasteiger partial charge < -0.3 is 19.5 Å². The Labute approximate surface area is 210 Å². The van der Waals surface area contributed by atoms with Crippen molar-refractivity contribution in [2.75, 3.05) is 13.7 Å². The van der Waals surface area contributed by atoms with E-state index in [0.717, 1.165) is 38.8 Å². The van der Waals surface area contributed by atoms with Gasteiger partial charge in [-0.05, 0) is 36.2 Å². The third-order valence-electron chi connectivity index (χ3n) is 6.72. The van der Waals surface area contributed by atoms with Crippen LogP contribution in [0.3, 0.4) is 0 Å². The van der Waals surface area contributed by atoms with E-state index >= 15 is 0 Å². The van der Waals surface area contributed by atoms with Gasteiger partial charge in [0.1, 0.15) is 16.9 Å². The average molecular weight is 482 g/mol. The Balaban J connectivity index is 1.47. The number of para-hydroxylation sites is 2. The Morgan fingerprint density at radius 2 is 1.78 bits per heavy atom. The molecule has 5 aromatic rings. The van der Waals surface area contributed by atoms with Gasteiger partial charge in [-0.25, -0.2) is 0 Å². The lowest BCUT2D eigenvalue weighted by Crippen LogP contribution is -2.61. The number of hydrogen-bond acceptors (Lipinski definition) is 4. The number of benzene rings is 3. The molecule has 6 nitrogen and oxygen atoms in total. The number of carbonyl (C=O) groups is 1. The van der Waals surface area contributed by atoms with E-state index in [1.165, 1.54) is 0 Å². The molecule has 3 aromatic carbocycles. The highest BCUT2D eigenvalue weighted by Gasteiger charge is 2.40. The standard InChI is InChI=1S/C30H31N3O3/c1-21(22-10-4-3-5-11-22)33-29(34)30(20-35-2,17-24-18-31-27-14-8-7-13-26(24)27)32-19-25-16-23-12-6-9-15-28(23)36-25/h3-16,18,21,31-32H,17,19-20H2,1-2H3,(H,33,34)/t21-,30-/m0/s1. The summed E-state index contributed by atoms with van der Waals surface area (Å²) in [7, 11) is 1.63. The van der Waals surface area contributed by atoms with E-state index in [9.17, 15) is 4.79 Å². The maximum Gasteiger partial charge on any atom is 0.243 e. The predicted molar refractivity (Wildman–Crippen MR) is 143 cm³/mol. The summed E-state index contributed by atoms with van der Waals surface area (Å²) in [6.45, 7) is 2.57. The number of rotatable bonds is 10. The van der Waals surface area contributed by atoms with Gasteiger partial charge in [0.25, 0.3) is 0 Å². The second-order valence-corrected chi connectivity index (χ2v) is 9.26. The van der Waals surface area contributed by atoms with Gasteiger partial charge in [-0.2, -0.15) is 0 Å². The first-order valence-corrected chi connectivity index (χ1v) is 12.2. The topological polar surface area (TPSA) is 79.3 Å². The number of carbonyl (C=O) groups excluding carboxylic acids is 1. The Morgan fingerprint density at radius 1 is 1.03 bits per heavy atom. The first-order chi connectivity index (χ1) is 17.6. The van der Waals surface area contributed by atoms with Gasteiger partial charge in [-0.3, -0.25) is 10.1 Å². The lowest BCUT2D eigenvalue weighted by molar-refractivity contribution is -0.130. The number of nitrogens with one attached hydrogen (secondary N) is 3. The third kappa shape index (κ3) is 4.91. The van der Waals surface area contributed by atoms with E-state index in [-0.39, 0.29) is 18.6 Å².